The van der Waals surface area contributed by atoms with Gasteiger partial charge >= 0.3 is 5.97 Å². The summed E-state index contributed by atoms with van der Waals surface area (Å²) < 4.78 is 0. The fourth-order valence-electron chi connectivity index (χ4n) is 4.13. The van der Waals surface area contributed by atoms with Crippen molar-refractivity contribution in [2.45, 2.75) is 77.6 Å². The molecule has 0 bridgehead atoms. The maximum Gasteiger partial charge on any atom is 0.310 e. The van der Waals surface area contributed by atoms with E-state index in [1.54, 1.807) is 0 Å². The van der Waals surface area contributed by atoms with Crippen LogP contribution in [0.2, 0.25) is 0 Å². The number of benzene rings is 2. The van der Waals surface area contributed by atoms with Gasteiger partial charge in [-0.3, -0.25) is 4.79 Å². The summed E-state index contributed by atoms with van der Waals surface area (Å²) in [5, 5.41) is 9.56. The molecule has 0 amide bonds. The molecule has 0 aliphatic rings. The third-order valence-corrected chi connectivity index (χ3v) is 6.21. The highest BCUT2D eigenvalue weighted by Gasteiger charge is 2.19. The average molecular weight is 445 g/mol. The maximum absolute atomic E-state index is 11.6. The zero-order chi connectivity index (χ0) is 23.5. The second kappa shape index (κ2) is 12.9. The molecule has 174 valence electrons. The first-order valence-corrected chi connectivity index (χ1v) is 12.4. The van der Waals surface area contributed by atoms with Crippen molar-refractivity contribution in [3.8, 4) is 22.5 Å². The Labute approximate surface area is 198 Å². The van der Waals surface area contributed by atoms with Gasteiger partial charge in [0.05, 0.1) is 5.92 Å². The van der Waals surface area contributed by atoms with E-state index in [0.29, 0.717) is 6.42 Å². The summed E-state index contributed by atoms with van der Waals surface area (Å²) in [5.74, 6) is -0.437. The molecule has 2 aromatic carbocycles. The van der Waals surface area contributed by atoms with E-state index < -0.39 is 11.9 Å². The third-order valence-electron chi connectivity index (χ3n) is 6.21. The highest BCUT2D eigenvalue weighted by atomic mass is 16.4. The molecule has 1 atom stereocenters. The van der Waals surface area contributed by atoms with Gasteiger partial charge in [0.2, 0.25) is 0 Å². The summed E-state index contributed by atoms with van der Waals surface area (Å²) in [6.07, 6.45) is 13.9. The number of aryl methyl sites for hydroxylation is 1. The summed E-state index contributed by atoms with van der Waals surface area (Å²) in [6.45, 7) is 4.32. The molecule has 3 rings (SSSR count). The van der Waals surface area contributed by atoms with E-state index in [9.17, 15) is 9.90 Å². The van der Waals surface area contributed by atoms with Crippen LogP contribution in [0, 0.1) is 0 Å². The molecule has 0 spiro atoms. The van der Waals surface area contributed by atoms with Crippen molar-refractivity contribution in [2.75, 3.05) is 0 Å². The van der Waals surface area contributed by atoms with E-state index in [0.717, 1.165) is 47.3 Å². The molecule has 4 nitrogen and oxygen atoms in total. The minimum atomic E-state index is -0.747. The second-order valence-electron chi connectivity index (χ2n) is 8.81. The molecule has 3 aromatic rings. The first-order valence-electron chi connectivity index (χ1n) is 12.4. The molecule has 4 heteroatoms. The molecule has 0 aliphatic carbocycles. The van der Waals surface area contributed by atoms with Gasteiger partial charge < -0.3 is 5.11 Å². The fraction of sp³-hybridized carbons (Fsp3) is 0.414. The lowest BCUT2D eigenvalue weighted by atomic mass is 9.92. The van der Waals surface area contributed by atoms with E-state index in [2.05, 4.69) is 35.9 Å². The summed E-state index contributed by atoms with van der Waals surface area (Å²) in [4.78, 5) is 20.8. The largest absolute Gasteiger partial charge is 0.481 e. The van der Waals surface area contributed by atoms with E-state index in [1.165, 1.54) is 37.7 Å². The van der Waals surface area contributed by atoms with Gasteiger partial charge in [-0.25, -0.2) is 9.97 Å². The van der Waals surface area contributed by atoms with E-state index in [4.69, 9.17) is 0 Å². The van der Waals surface area contributed by atoms with Gasteiger partial charge in [-0.2, -0.15) is 0 Å². The Balaban J connectivity index is 1.62. The standard InChI is InChI=1S/C29H36N2O2/c1-3-5-7-8-9-10-22-20-30-28(31-21-22)26-18-14-24(15-19-26)23-12-16-25(17-13-23)27(29(32)33)11-6-4-2/h12-21,27H,3-11H2,1-2H3,(H,32,33). The first-order chi connectivity index (χ1) is 16.1. The van der Waals surface area contributed by atoms with Crippen molar-refractivity contribution >= 4 is 5.97 Å². The van der Waals surface area contributed by atoms with Gasteiger partial charge in [0, 0.05) is 18.0 Å². The number of carboxylic acid groups (broad SMARTS) is 1. The van der Waals surface area contributed by atoms with Gasteiger partial charge in [0.15, 0.2) is 5.82 Å². The van der Waals surface area contributed by atoms with Crippen LogP contribution in [-0.2, 0) is 11.2 Å². The second-order valence-corrected chi connectivity index (χ2v) is 8.81. The van der Waals surface area contributed by atoms with Crippen molar-refractivity contribution in [1.82, 2.24) is 9.97 Å². The smallest absolute Gasteiger partial charge is 0.310 e. The number of aliphatic carboxylic acids is 1. The van der Waals surface area contributed by atoms with Crippen LogP contribution in [0.3, 0.4) is 0 Å². The highest BCUT2D eigenvalue weighted by Crippen LogP contribution is 2.27. The molecular weight excluding hydrogens is 408 g/mol. The van der Waals surface area contributed by atoms with E-state index in [1.807, 2.05) is 48.8 Å². The summed E-state index contributed by atoms with van der Waals surface area (Å²) >= 11 is 0. The molecule has 1 heterocycles. The topological polar surface area (TPSA) is 63.1 Å². The summed E-state index contributed by atoms with van der Waals surface area (Å²) in [6, 6.07) is 16.1. The minimum absolute atomic E-state index is 0.433. The molecule has 0 saturated heterocycles. The Morgan fingerprint density at radius 1 is 0.758 bits per heavy atom. The summed E-state index contributed by atoms with van der Waals surface area (Å²) in [5.41, 5.74) is 5.23. The number of unbranched alkanes of at least 4 members (excludes halogenated alkanes) is 5. The van der Waals surface area contributed by atoms with Crippen LogP contribution in [0.4, 0.5) is 0 Å². The number of carbonyl (C=O) groups is 1. The van der Waals surface area contributed by atoms with Crippen LogP contribution in [0.1, 0.15) is 82.3 Å². The Hall–Kier alpha value is -3.01. The Morgan fingerprint density at radius 2 is 1.30 bits per heavy atom. The number of carboxylic acids is 1. The quantitative estimate of drug-likeness (QED) is 0.275. The van der Waals surface area contributed by atoms with Crippen LogP contribution in [0.25, 0.3) is 22.5 Å². The maximum atomic E-state index is 11.6. The number of nitrogens with zero attached hydrogens (tertiary/aromatic N) is 2. The van der Waals surface area contributed by atoms with Crippen molar-refractivity contribution in [3.63, 3.8) is 0 Å². The third kappa shape index (κ3) is 7.24. The molecule has 0 radical (unpaired) electrons. The molecule has 0 saturated carbocycles. The monoisotopic (exact) mass is 444 g/mol. The molecular formula is C29H36N2O2. The van der Waals surface area contributed by atoms with Crippen LogP contribution < -0.4 is 0 Å². The Kier molecular flexibility index (Phi) is 9.61. The number of rotatable bonds is 13. The molecule has 33 heavy (non-hydrogen) atoms. The van der Waals surface area contributed by atoms with Gasteiger partial charge in [-0.05, 0) is 41.5 Å². The molecule has 1 unspecified atom stereocenters. The van der Waals surface area contributed by atoms with Gasteiger partial charge in [-0.1, -0.05) is 101 Å². The molecule has 1 aromatic heterocycles. The van der Waals surface area contributed by atoms with Gasteiger partial charge in [-0.15, -0.1) is 0 Å². The predicted molar refractivity (Wildman–Crippen MR) is 135 cm³/mol. The van der Waals surface area contributed by atoms with Crippen LogP contribution in [-0.4, -0.2) is 21.0 Å². The molecule has 1 N–H and O–H groups in total. The number of aromatic nitrogens is 2. The van der Waals surface area contributed by atoms with Gasteiger partial charge in [0.25, 0.3) is 0 Å². The Morgan fingerprint density at radius 3 is 1.88 bits per heavy atom. The van der Waals surface area contributed by atoms with Crippen molar-refractivity contribution < 1.29 is 9.90 Å². The average Bonchev–Trinajstić information content (AvgIpc) is 2.85. The van der Waals surface area contributed by atoms with Crippen molar-refractivity contribution in [2.24, 2.45) is 0 Å². The summed E-state index contributed by atoms with van der Waals surface area (Å²) in [7, 11) is 0. The number of hydrogen-bond donors (Lipinski definition) is 1. The zero-order valence-corrected chi connectivity index (χ0v) is 20.0. The lowest BCUT2D eigenvalue weighted by Gasteiger charge is -2.13. The Bertz CT molecular complexity index is 980. The minimum Gasteiger partial charge on any atom is -0.481 e. The fourth-order valence-corrected chi connectivity index (χ4v) is 4.13. The van der Waals surface area contributed by atoms with Crippen molar-refractivity contribution in [3.05, 3.63) is 72.1 Å². The SMILES string of the molecule is CCCCCCCc1cnc(-c2ccc(-c3ccc(C(CCCC)C(=O)O)cc3)cc2)nc1. The van der Waals surface area contributed by atoms with Gasteiger partial charge in [0.1, 0.15) is 0 Å². The van der Waals surface area contributed by atoms with E-state index >= 15 is 0 Å². The predicted octanol–water partition coefficient (Wildman–Crippen LogP) is 7.68. The van der Waals surface area contributed by atoms with Crippen LogP contribution in [0.15, 0.2) is 60.9 Å². The molecule has 0 aliphatic heterocycles. The normalized spacial score (nSPS) is 11.9. The highest BCUT2D eigenvalue weighted by molar-refractivity contribution is 5.76. The molecule has 0 fully saturated rings. The first kappa shape index (κ1) is 24.6. The lowest BCUT2D eigenvalue weighted by molar-refractivity contribution is -0.139. The number of hydrogen-bond acceptors (Lipinski definition) is 3. The van der Waals surface area contributed by atoms with E-state index in [-0.39, 0.29) is 0 Å². The lowest BCUT2D eigenvalue weighted by Crippen LogP contribution is -2.11. The van der Waals surface area contributed by atoms with Crippen LogP contribution >= 0.6 is 0 Å². The van der Waals surface area contributed by atoms with Crippen molar-refractivity contribution in [1.29, 1.82) is 0 Å². The zero-order valence-electron chi connectivity index (χ0n) is 20.0. The van der Waals surface area contributed by atoms with Crippen LogP contribution in [0.5, 0.6) is 0 Å².